The van der Waals surface area contributed by atoms with Crippen LogP contribution < -0.4 is 11.1 Å². The standard InChI is InChI=1S/C22H19ClF3N5OS/c1-12(2)20-30-31-21(33-20)29-19(32)14-9-7-13(8-10-14)17(11-18(27)22(24,25)26)28-16-6-4-3-5-15(16)23/h3-12H,27H2,1-2H3,(H,29,31,32)/b18-11-,28-17?. The predicted octanol–water partition coefficient (Wildman–Crippen LogP) is 6.09. The number of hydrogen-bond donors (Lipinski definition) is 2. The summed E-state index contributed by atoms with van der Waals surface area (Å²) >= 11 is 7.37. The molecule has 1 amide bonds. The molecule has 1 aromatic heterocycles. The van der Waals surface area contributed by atoms with Crippen molar-refractivity contribution in [2.24, 2.45) is 10.7 Å². The number of hydrogen-bond acceptors (Lipinski definition) is 6. The van der Waals surface area contributed by atoms with Crippen LogP contribution in [0.5, 0.6) is 0 Å². The summed E-state index contributed by atoms with van der Waals surface area (Å²) in [6.07, 6.45) is -4.00. The summed E-state index contributed by atoms with van der Waals surface area (Å²) < 4.78 is 39.1. The Bertz CT molecular complexity index is 1200. The molecule has 0 aliphatic carbocycles. The fourth-order valence-electron chi connectivity index (χ4n) is 2.56. The summed E-state index contributed by atoms with van der Waals surface area (Å²) in [5, 5.41) is 12.0. The molecule has 3 rings (SSSR count). The summed E-state index contributed by atoms with van der Waals surface area (Å²) in [5.41, 5.74) is 4.72. The molecule has 172 valence electrons. The van der Waals surface area contributed by atoms with Gasteiger partial charge in [-0.25, -0.2) is 4.99 Å². The third-order valence-electron chi connectivity index (χ3n) is 4.31. The van der Waals surface area contributed by atoms with E-state index in [0.717, 1.165) is 11.1 Å². The topological polar surface area (TPSA) is 93.3 Å². The number of carbonyl (C=O) groups excluding carboxylic acids is 1. The smallest absolute Gasteiger partial charge is 0.395 e. The number of allylic oxidation sites excluding steroid dienone is 2. The summed E-state index contributed by atoms with van der Waals surface area (Å²) in [5.74, 6) is -0.247. The van der Waals surface area contributed by atoms with Crippen molar-refractivity contribution in [3.63, 3.8) is 0 Å². The monoisotopic (exact) mass is 493 g/mol. The number of alkyl halides is 3. The van der Waals surface area contributed by atoms with Gasteiger partial charge in [-0.2, -0.15) is 13.2 Å². The molecule has 0 aliphatic heterocycles. The first-order chi connectivity index (χ1) is 15.5. The molecule has 0 spiro atoms. The number of carbonyl (C=O) groups is 1. The van der Waals surface area contributed by atoms with E-state index in [1.54, 1.807) is 24.3 Å². The molecule has 0 saturated heterocycles. The van der Waals surface area contributed by atoms with Crippen molar-refractivity contribution in [2.75, 3.05) is 5.32 Å². The number of para-hydroxylation sites is 1. The van der Waals surface area contributed by atoms with E-state index in [-0.39, 0.29) is 27.9 Å². The minimum Gasteiger partial charge on any atom is -0.395 e. The molecule has 3 N–H and O–H groups in total. The van der Waals surface area contributed by atoms with Crippen LogP contribution in [-0.4, -0.2) is 28.0 Å². The van der Waals surface area contributed by atoms with Crippen LogP contribution in [0.4, 0.5) is 24.0 Å². The SMILES string of the molecule is CC(C)c1nnc(NC(=O)c2ccc(C(/C=C(\N)C(F)(F)F)=Nc3ccccc3Cl)cc2)s1. The van der Waals surface area contributed by atoms with Gasteiger partial charge in [0.1, 0.15) is 10.7 Å². The van der Waals surface area contributed by atoms with Crippen LogP contribution in [0, 0.1) is 0 Å². The van der Waals surface area contributed by atoms with E-state index in [4.69, 9.17) is 17.3 Å². The van der Waals surface area contributed by atoms with Crippen LogP contribution >= 0.6 is 22.9 Å². The lowest BCUT2D eigenvalue weighted by Gasteiger charge is -2.09. The lowest BCUT2D eigenvalue weighted by Crippen LogP contribution is -2.21. The fourth-order valence-corrected chi connectivity index (χ4v) is 3.48. The second-order valence-electron chi connectivity index (χ2n) is 7.18. The van der Waals surface area contributed by atoms with Gasteiger partial charge in [0.15, 0.2) is 0 Å². The first-order valence-corrected chi connectivity index (χ1v) is 10.9. The van der Waals surface area contributed by atoms with Crippen molar-refractivity contribution < 1.29 is 18.0 Å². The highest BCUT2D eigenvalue weighted by molar-refractivity contribution is 7.15. The van der Waals surface area contributed by atoms with Gasteiger partial charge in [-0.3, -0.25) is 10.1 Å². The first-order valence-electron chi connectivity index (χ1n) is 9.67. The quantitative estimate of drug-likeness (QED) is 0.406. The van der Waals surface area contributed by atoms with Crippen molar-refractivity contribution in [3.8, 4) is 0 Å². The number of aliphatic imine (C=N–C) groups is 1. The maximum absolute atomic E-state index is 13.0. The fraction of sp³-hybridized carbons (Fsp3) is 0.182. The largest absolute Gasteiger partial charge is 0.430 e. The maximum Gasteiger partial charge on any atom is 0.430 e. The Kier molecular flexibility index (Phi) is 7.50. The number of amides is 1. The molecule has 0 aliphatic rings. The molecule has 0 atom stereocenters. The highest BCUT2D eigenvalue weighted by Crippen LogP contribution is 2.27. The molecular weight excluding hydrogens is 475 g/mol. The Hall–Kier alpha value is -3.24. The number of anilines is 1. The van der Waals surface area contributed by atoms with Gasteiger partial charge in [0.25, 0.3) is 5.91 Å². The van der Waals surface area contributed by atoms with Crippen molar-refractivity contribution in [1.82, 2.24) is 10.2 Å². The molecule has 0 bridgehead atoms. The molecular formula is C22H19ClF3N5OS. The molecule has 0 radical (unpaired) electrons. The minimum absolute atomic E-state index is 0.0596. The molecule has 0 fully saturated rings. The predicted molar refractivity (Wildman–Crippen MR) is 124 cm³/mol. The van der Waals surface area contributed by atoms with E-state index in [2.05, 4.69) is 20.5 Å². The highest BCUT2D eigenvalue weighted by Gasteiger charge is 2.31. The molecule has 33 heavy (non-hydrogen) atoms. The Morgan fingerprint density at radius 3 is 2.33 bits per heavy atom. The normalized spacial score (nSPS) is 12.8. The van der Waals surface area contributed by atoms with Crippen molar-refractivity contribution in [3.05, 3.63) is 81.5 Å². The molecule has 0 unspecified atom stereocenters. The zero-order valence-electron chi connectivity index (χ0n) is 17.5. The van der Waals surface area contributed by atoms with Gasteiger partial charge < -0.3 is 5.73 Å². The van der Waals surface area contributed by atoms with Gasteiger partial charge in [-0.05, 0) is 30.3 Å². The van der Waals surface area contributed by atoms with Crippen LogP contribution in [0.2, 0.25) is 5.02 Å². The third-order valence-corrected chi connectivity index (χ3v) is 5.77. The van der Waals surface area contributed by atoms with Crippen LogP contribution in [0.15, 0.2) is 65.3 Å². The lowest BCUT2D eigenvalue weighted by molar-refractivity contribution is -0.0925. The molecule has 1 heterocycles. The van der Waals surface area contributed by atoms with Crippen LogP contribution in [0.1, 0.15) is 40.7 Å². The number of benzene rings is 2. The Morgan fingerprint density at radius 2 is 1.76 bits per heavy atom. The molecule has 11 heteroatoms. The highest BCUT2D eigenvalue weighted by atomic mass is 35.5. The maximum atomic E-state index is 13.0. The first kappa shape index (κ1) is 24.4. The van der Waals surface area contributed by atoms with E-state index in [0.29, 0.717) is 10.7 Å². The summed E-state index contributed by atoms with van der Waals surface area (Å²) in [7, 11) is 0. The summed E-state index contributed by atoms with van der Waals surface area (Å²) in [4.78, 5) is 16.8. The Balaban J connectivity index is 1.90. The molecule has 2 aromatic carbocycles. The Morgan fingerprint density at radius 1 is 1.12 bits per heavy atom. The third kappa shape index (κ3) is 6.39. The van der Waals surface area contributed by atoms with E-state index < -0.39 is 17.8 Å². The molecule has 3 aromatic rings. The van der Waals surface area contributed by atoms with E-state index >= 15 is 0 Å². The summed E-state index contributed by atoms with van der Waals surface area (Å²) in [6.45, 7) is 3.93. The van der Waals surface area contributed by atoms with Crippen molar-refractivity contribution in [1.29, 1.82) is 0 Å². The number of nitrogens with zero attached hydrogens (tertiary/aromatic N) is 3. The average molecular weight is 494 g/mol. The number of nitrogens with two attached hydrogens (primary N) is 1. The van der Waals surface area contributed by atoms with Crippen LogP contribution in [0.3, 0.4) is 0 Å². The van der Waals surface area contributed by atoms with E-state index in [1.165, 1.54) is 35.6 Å². The van der Waals surface area contributed by atoms with Gasteiger partial charge in [0, 0.05) is 17.0 Å². The summed E-state index contributed by atoms with van der Waals surface area (Å²) in [6, 6.07) is 12.4. The minimum atomic E-state index is -4.72. The van der Waals surface area contributed by atoms with E-state index in [9.17, 15) is 18.0 Å². The Labute approximate surface area is 197 Å². The molecule has 0 saturated carbocycles. The zero-order chi connectivity index (χ0) is 24.2. The number of aromatic nitrogens is 2. The second-order valence-corrected chi connectivity index (χ2v) is 8.59. The van der Waals surface area contributed by atoms with Crippen LogP contribution in [0.25, 0.3) is 0 Å². The number of halogens is 4. The number of nitrogens with one attached hydrogen (secondary N) is 1. The molecule has 6 nitrogen and oxygen atoms in total. The van der Waals surface area contributed by atoms with Gasteiger partial charge >= 0.3 is 6.18 Å². The van der Waals surface area contributed by atoms with E-state index in [1.807, 2.05) is 13.8 Å². The number of rotatable bonds is 6. The van der Waals surface area contributed by atoms with Gasteiger partial charge in [-0.15, -0.1) is 10.2 Å². The second kappa shape index (κ2) is 10.1. The van der Waals surface area contributed by atoms with Crippen LogP contribution in [-0.2, 0) is 0 Å². The zero-order valence-corrected chi connectivity index (χ0v) is 19.1. The van der Waals surface area contributed by atoms with Crippen molar-refractivity contribution in [2.45, 2.75) is 25.9 Å². The van der Waals surface area contributed by atoms with Gasteiger partial charge in [0.05, 0.1) is 16.4 Å². The van der Waals surface area contributed by atoms with Crippen molar-refractivity contribution >= 4 is 45.4 Å². The van der Waals surface area contributed by atoms with Gasteiger partial charge in [-0.1, -0.05) is 61.1 Å². The lowest BCUT2D eigenvalue weighted by atomic mass is 10.1. The average Bonchev–Trinajstić information content (AvgIpc) is 3.23. The van der Waals surface area contributed by atoms with Gasteiger partial charge in [0.2, 0.25) is 5.13 Å².